The second kappa shape index (κ2) is 6.35. The van der Waals surface area contributed by atoms with E-state index in [1.165, 1.54) is 0 Å². The van der Waals surface area contributed by atoms with Gasteiger partial charge in [-0.2, -0.15) is 0 Å². The zero-order valence-corrected chi connectivity index (χ0v) is 10.7. The van der Waals surface area contributed by atoms with Gasteiger partial charge in [0, 0.05) is 12.7 Å². The van der Waals surface area contributed by atoms with Crippen LogP contribution in [0.15, 0.2) is 18.5 Å². The van der Waals surface area contributed by atoms with Gasteiger partial charge in [-0.3, -0.25) is 9.78 Å². The molecule has 0 saturated heterocycles. The van der Waals surface area contributed by atoms with E-state index >= 15 is 0 Å². The maximum absolute atomic E-state index is 12.0. The number of anilines is 1. The fourth-order valence-corrected chi connectivity index (χ4v) is 1.75. The van der Waals surface area contributed by atoms with Gasteiger partial charge in [-0.15, -0.1) is 0 Å². The van der Waals surface area contributed by atoms with Crippen molar-refractivity contribution in [1.82, 2.24) is 4.98 Å². The first kappa shape index (κ1) is 13.6. The van der Waals surface area contributed by atoms with E-state index in [9.17, 15) is 4.79 Å². The van der Waals surface area contributed by atoms with Crippen molar-refractivity contribution < 1.29 is 4.79 Å². The Morgan fingerprint density at radius 2 is 2.18 bits per heavy atom. The van der Waals surface area contributed by atoms with Gasteiger partial charge in [0.1, 0.15) is 0 Å². The fraction of sp³-hybridized carbons (Fsp3) is 0.538. The average Bonchev–Trinajstić information content (AvgIpc) is 2.25. The third-order valence-electron chi connectivity index (χ3n) is 2.55. The number of carbonyl (C=O) groups excluding carboxylic acids is 1. The molecular weight excluding hydrogens is 214 g/mol. The van der Waals surface area contributed by atoms with E-state index in [1.807, 2.05) is 13.0 Å². The number of nitrogens with two attached hydrogens (primary N) is 1. The van der Waals surface area contributed by atoms with Crippen LogP contribution in [0.25, 0.3) is 0 Å². The lowest BCUT2D eigenvalue weighted by molar-refractivity contribution is -0.120. The topological polar surface area (TPSA) is 68.0 Å². The third kappa shape index (κ3) is 4.53. The lowest BCUT2D eigenvalue weighted by atomic mass is 9.96. The summed E-state index contributed by atoms with van der Waals surface area (Å²) in [6.07, 6.45) is 4.21. The Balaban J connectivity index is 2.64. The van der Waals surface area contributed by atoms with E-state index in [-0.39, 0.29) is 11.8 Å². The van der Waals surface area contributed by atoms with Gasteiger partial charge in [-0.1, -0.05) is 13.8 Å². The summed E-state index contributed by atoms with van der Waals surface area (Å²) in [5.41, 5.74) is 7.39. The molecule has 0 aromatic carbocycles. The van der Waals surface area contributed by atoms with Gasteiger partial charge in [-0.25, -0.2) is 0 Å². The highest BCUT2D eigenvalue weighted by atomic mass is 16.1. The summed E-state index contributed by atoms with van der Waals surface area (Å²) in [6.45, 7) is 6.49. The molecule has 1 aromatic rings. The van der Waals surface area contributed by atoms with Crippen LogP contribution in [0.2, 0.25) is 0 Å². The Hall–Kier alpha value is -1.42. The van der Waals surface area contributed by atoms with Gasteiger partial charge in [0.25, 0.3) is 0 Å². The van der Waals surface area contributed by atoms with Gasteiger partial charge in [0.05, 0.1) is 17.8 Å². The van der Waals surface area contributed by atoms with Crippen LogP contribution in [0.3, 0.4) is 0 Å². The third-order valence-corrected chi connectivity index (χ3v) is 2.55. The predicted molar refractivity (Wildman–Crippen MR) is 69.6 cm³/mol. The normalized spacial score (nSPS) is 12.5. The summed E-state index contributed by atoms with van der Waals surface area (Å²) in [7, 11) is 0. The fourth-order valence-electron chi connectivity index (χ4n) is 1.75. The number of hydrogen-bond donors (Lipinski definition) is 2. The number of aromatic nitrogens is 1. The first-order chi connectivity index (χ1) is 8.02. The summed E-state index contributed by atoms with van der Waals surface area (Å²) in [5.74, 6) is 0.314. The Labute approximate surface area is 103 Å². The highest BCUT2D eigenvalue weighted by molar-refractivity contribution is 5.92. The van der Waals surface area contributed by atoms with Crippen LogP contribution in [-0.4, -0.2) is 17.4 Å². The molecule has 0 aliphatic heterocycles. The molecule has 1 aromatic heterocycles. The van der Waals surface area contributed by atoms with Crippen molar-refractivity contribution in [3.8, 4) is 0 Å². The maximum atomic E-state index is 12.0. The van der Waals surface area contributed by atoms with E-state index in [4.69, 9.17) is 5.73 Å². The molecule has 0 aliphatic carbocycles. The molecule has 1 atom stereocenters. The minimum atomic E-state index is -0.129. The molecular formula is C13H21N3O. The number of carbonyl (C=O) groups is 1. The Morgan fingerprint density at radius 3 is 2.71 bits per heavy atom. The molecule has 1 amide bonds. The molecule has 0 fully saturated rings. The molecule has 94 valence electrons. The van der Waals surface area contributed by atoms with Crippen LogP contribution >= 0.6 is 0 Å². The first-order valence-electron chi connectivity index (χ1n) is 5.95. The van der Waals surface area contributed by atoms with Crippen LogP contribution in [0, 0.1) is 18.8 Å². The van der Waals surface area contributed by atoms with Crippen LogP contribution in [0.1, 0.15) is 25.8 Å². The minimum absolute atomic E-state index is 0.0198. The van der Waals surface area contributed by atoms with Gasteiger partial charge in [0.2, 0.25) is 5.91 Å². The van der Waals surface area contributed by atoms with Crippen molar-refractivity contribution >= 4 is 11.6 Å². The lowest BCUT2D eigenvalue weighted by Gasteiger charge is -2.16. The second-order valence-electron chi connectivity index (χ2n) is 4.80. The molecule has 0 saturated carbocycles. The van der Waals surface area contributed by atoms with E-state index in [1.54, 1.807) is 12.4 Å². The van der Waals surface area contributed by atoms with Crippen molar-refractivity contribution in [2.45, 2.75) is 27.2 Å². The highest BCUT2D eigenvalue weighted by Gasteiger charge is 2.18. The molecule has 1 unspecified atom stereocenters. The van der Waals surface area contributed by atoms with Crippen LogP contribution in [0.5, 0.6) is 0 Å². The number of hydrogen-bond acceptors (Lipinski definition) is 3. The molecule has 17 heavy (non-hydrogen) atoms. The van der Waals surface area contributed by atoms with Crippen molar-refractivity contribution in [3.63, 3.8) is 0 Å². The first-order valence-corrected chi connectivity index (χ1v) is 5.95. The molecule has 4 heteroatoms. The van der Waals surface area contributed by atoms with Crippen LogP contribution in [-0.2, 0) is 4.79 Å². The minimum Gasteiger partial charge on any atom is -0.330 e. The standard InChI is InChI=1S/C13H21N3O/c1-9(2)4-11(6-14)13(17)16-12-5-10(3)7-15-8-12/h5,7-9,11H,4,6,14H2,1-3H3,(H,16,17). The zero-order chi connectivity index (χ0) is 12.8. The van der Waals surface area contributed by atoms with Gasteiger partial charge >= 0.3 is 0 Å². The summed E-state index contributed by atoms with van der Waals surface area (Å²) in [5, 5.41) is 2.86. The quantitative estimate of drug-likeness (QED) is 0.819. The van der Waals surface area contributed by atoms with Gasteiger partial charge < -0.3 is 11.1 Å². The Kier molecular flexibility index (Phi) is 5.10. The van der Waals surface area contributed by atoms with Gasteiger partial charge in [-0.05, 0) is 30.9 Å². The number of nitrogens with zero attached hydrogens (tertiary/aromatic N) is 1. The van der Waals surface area contributed by atoms with E-state index < -0.39 is 0 Å². The Bertz CT molecular complexity index is 377. The molecule has 0 spiro atoms. The highest BCUT2D eigenvalue weighted by Crippen LogP contribution is 2.14. The van der Waals surface area contributed by atoms with E-state index in [2.05, 4.69) is 24.1 Å². The molecule has 1 rings (SSSR count). The molecule has 3 N–H and O–H groups in total. The van der Waals surface area contributed by atoms with Gasteiger partial charge in [0.15, 0.2) is 0 Å². The summed E-state index contributed by atoms with van der Waals surface area (Å²) < 4.78 is 0. The van der Waals surface area contributed by atoms with Crippen molar-refractivity contribution in [2.75, 3.05) is 11.9 Å². The average molecular weight is 235 g/mol. The molecule has 0 radical (unpaired) electrons. The number of amides is 1. The maximum Gasteiger partial charge on any atom is 0.228 e. The molecule has 0 bridgehead atoms. The molecule has 4 nitrogen and oxygen atoms in total. The number of nitrogens with one attached hydrogen (secondary N) is 1. The molecule has 0 aliphatic rings. The van der Waals surface area contributed by atoms with Crippen LogP contribution in [0.4, 0.5) is 5.69 Å². The predicted octanol–water partition coefficient (Wildman–Crippen LogP) is 1.95. The number of rotatable bonds is 5. The monoisotopic (exact) mass is 235 g/mol. The van der Waals surface area contributed by atoms with E-state index in [0.29, 0.717) is 12.5 Å². The van der Waals surface area contributed by atoms with Crippen molar-refractivity contribution in [1.29, 1.82) is 0 Å². The smallest absolute Gasteiger partial charge is 0.228 e. The summed E-state index contributed by atoms with van der Waals surface area (Å²) >= 11 is 0. The SMILES string of the molecule is Cc1cncc(NC(=O)C(CN)CC(C)C)c1. The van der Waals surface area contributed by atoms with Crippen molar-refractivity contribution in [3.05, 3.63) is 24.0 Å². The lowest BCUT2D eigenvalue weighted by Crippen LogP contribution is -2.30. The number of pyridine rings is 1. The number of aryl methyl sites for hydroxylation is 1. The summed E-state index contributed by atoms with van der Waals surface area (Å²) in [4.78, 5) is 16.0. The Morgan fingerprint density at radius 1 is 1.47 bits per heavy atom. The summed E-state index contributed by atoms with van der Waals surface area (Å²) in [6, 6.07) is 1.90. The van der Waals surface area contributed by atoms with Crippen molar-refractivity contribution in [2.24, 2.45) is 17.6 Å². The molecule has 1 heterocycles. The largest absolute Gasteiger partial charge is 0.330 e. The van der Waals surface area contributed by atoms with E-state index in [0.717, 1.165) is 17.7 Å². The van der Waals surface area contributed by atoms with Crippen LogP contribution < -0.4 is 11.1 Å². The zero-order valence-electron chi connectivity index (χ0n) is 10.7. The second-order valence-corrected chi connectivity index (χ2v) is 4.80.